The number of hydrogen-bond acceptors (Lipinski definition) is 3. The fraction of sp³-hybridized carbons (Fsp3) is 0.211. The van der Waals surface area contributed by atoms with Crippen molar-refractivity contribution in [2.24, 2.45) is 4.99 Å². The minimum Gasteiger partial charge on any atom is -0.606 e. The van der Waals surface area contributed by atoms with Gasteiger partial charge in [0.05, 0.1) is 11.7 Å². The summed E-state index contributed by atoms with van der Waals surface area (Å²) < 4.78 is 5.26. The summed E-state index contributed by atoms with van der Waals surface area (Å²) in [6, 6.07) is 19.5. The molecule has 0 atom stereocenters. The zero-order chi connectivity index (χ0) is 16.0. The predicted octanol–water partition coefficient (Wildman–Crippen LogP) is 0.502. The number of rotatable bonds is 4. The van der Waals surface area contributed by atoms with Crippen LogP contribution in [0.15, 0.2) is 77.8 Å². The largest absolute Gasteiger partial charge is 1.00 e. The number of ether oxygens (including phenoxy) is 1. The summed E-state index contributed by atoms with van der Waals surface area (Å²) in [6.45, 7) is 5.49. The van der Waals surface area contributed by atoms with Crippen LogP contribution in [0.5, 0.6) is 0 Å². The Kier molecular flexibility index (Phi) is 7.16. The third kappa shape index (κ3) is 6.36. The molecule has 0 amide bonds. The Hall–Kier alpha value is -1.95. The van der Waals surface area contributed by atoms with Crippen LogP contribution in [0.3, 0.4) is 0 Å². The molecule has 0 saturated carbocycles. The van der Waals surface area contributed by atoms with Crippen molar-refractivity contribution < 1.29 is 28.7 Å². The van der Waals surface area contributed by atoms with Crippen LogP contribution in [-0.4, -0.2) is 11.3 Å². The van der Waals surface area contributed by atoms with E-state index in [1.165, 1.54) is 6.20 Å². The molecule has 0 unspecified atom stereocenters. The summed E-state index contributed by atoms with van der Waals surface area (Å²) >= 11 is 0. The van der Waals surface area contributed by atoms with Gasteiger partial charge in [-0.2, -0.15) is 0 Å². The molecule has 0 saturated heterocycles. The molecular weight excluding hydrogens is 281 g/mol. The molecule has 2 aromatic carbocycles. The standard InChI is InChI=1S/C19H21NO2.Li/c1-19(2,3)22-17(21)14-20-18(15-10-6-4-7-11-15)16-12-8-5-9-13-16;/h4-14,21H,1-3H3;/q;+1/p-1/b17-14+;. The summed E-state index contributed by atoms with van der Waals surface area (Å²) in [6.07, 6.45) is 1.24. The summed E-state index contributed by atoms with van der Waals surface area (Å²) in [5, 5.41) is 11.8. The molecule has 2 aromatic rings. The van der Waals surface area contributed by atoms with Crippen LogP contribution in [0.1, 0.15) is 31.9 Å². The van der Waals surface area contributed by atoms with Gasteiger partial charge in [-0.3, -0.25) is 4.99 Å². The molecule has 0 aliphatic carbocycles. The molecule has 3 nitrogen and oxygen atoms in total. The minimum atomic E-state index is -0.525. The molecule has 0 N–H and O–H groups in total. The summed E-state index contributed by atoms with van der Waals surface area (Å²) in [5.74, 6) is -0.447. The van der Waals surface area contributed by atoms with Gasteiger partial charge in [-0.15, -0.1) is 0 Å². The fourth-order valence-electron chi connectivity index (χ4n) is 1.95. The molecule has 0 fully saturated rings. The Morgan fingerprint density at radius 1 is 0.913 bits per heavy atom. The maximum absolute atomic E-state index is 11.8. The monoisotopic (exact) mass is 301 g/mol. The number of benzene rings is 2. The topological polar surface area (TPSA) is 44.6 Å². The van der Waals surface area contributed by atoms with Crippen molar-refractivity contribution in [1.82, 2.24) is 0 Å². The number of aliphatic imine (C=N–C) groups is 1. The average molecular weight is 301 g/mol. The second-order valence-electron chi connectivity index (χ2n) is 5.87. The van der Waals surface area contributed by atoms with E-state index in [9.17, 15) is 5.11 Å². The molecule has 0 aliphatic heterocycles. The third-order valence-electron chi connectivity index (χ3n) is 2.80. The smallest absolute Gasteiger partial charge is 0.606 e. The molecule has 0 spiro atoms. The molecule has 0 radical (unpaired) electrons. The zero-order valence-electron chi connectivity index (χ0n) is 14.1. The van der Waals surface area contributed by atoms with E-state index in [-0.39, 0.29) is 18.9 Å². The Morgan fingerprint density at radius 2 is 1.35 bits per heavy atom. The first-order valence-electron chi connectivity index (χ1n) is 7.20. The Balaban J connectivity index is 0.00000264. The van der Waals surface area contributed by atoms with Gasteiger partial charge < -0.3 is 9.84 Å². The summed E-state index contributed by atoms with van der Waals surface area (Å²) in [4.78, 5) is 4.37. The quantitative estimate of drug-likeness (QED) is 0.469. The van der Waals surface area contributed by atoms with Gasteiger partial charge in [0.2, 0.25) is 0 Å². The van der Waals surface area contributed by atoms with Crippen LogP contribution in [0.2, 0.25) is 0 Å². The van der Waals surface area contributed by atoms with Gasteiger partial charge in [-0.1, -0.05) is 81.4 Å². The number of nitrogens with zero attached hydrogens (tertiary/aromatic N) is 1. The Labute approximate surface area is 149 Å². The van der Waals surface area contributed by atoms with Gasteiger partial charge in [-0.25, -0.2) is 0 Å². The predicted molar refractivity (Wildman–Crippen MR) is 87.4 cm³/mol. The summed E-state index contributed by atoms with van der Waals surface area (Å²) in [7, 11) is 0. The Bertz CT molecular complexity index is 617. The first kappa shape index (κ1) is 19.1. The van der Waals surface area contributed by atoms with Gasteiger partial charge in [0.1, 0.15) is 0 Å². The van der Waals surface area contributed by atoms with Gasteiger partial charge in [0.15, 0.2) is 0 Å². The molecule has 23 heavy (non-hydrogen) atoms. The van der Waals surface area contributed by atoms with Crippen molar-refractivity contribution in [3.05, 3.63) is 83.9 Å². The zero-order valence-corrected chi connectivity index (χ0v) is 14.1. The maximum Gasteiger partial charge on any atom is 1.00 e. The van der Waals surface area contributed by atoms with E-state index in [1.807, 2.05) is 81.4 Å². The van der Waals surface area contributed by atoms with E-state index in [1.54, 1.807) is 0 Å². The minimum absolute atomic E-state index is 0. The van der Waals surface area contributed by atoms with Crippen molar-refractivity contribution in [1.29, 1.82) is 0 Å². The van der Waals surface area contributed by atoms with Crippen LogP contribution in [0, 0.1) is 0 Å². The second kappa shape index (κ2) is 8.62. The van der Waals surface area contributed by atoms with Crippen molar-refractivity contribution in [3.8, 4) is 0 Å². The van der Waals surface area contributed by atoms with Gasteiger partial charge >= 0.3 is 18.9 Å². The number of hydrogen-bond donors (Lipinski definition) is 0. The average Bonchev–Trinajstić information content (AvgIpc) is 2.48. The second-order valence-corrected chi connectivity index (χ2v) is 5.87. The van der Waals surface area contributed by atoms with E-state index in [0.717, 1.165) is 16.8 Å². The van der Waals surface area contributed by atoms with Crippen LogP contribution in [-0.2, 0) is 4.74 Å². The van der Waals surface area contributed by atoms with Crippen LogP contribution < -0.4 is 24.0 Å². The third-order valence-corrected chi connectivity index (χ3v) is 2.80. The van der Waals surface area contributed by atoms with Gasteiger partial charge in [0, 0.05) is 22.9 Å². The molecule has 0 heterocycles. The molecule has 0 bridgehead atoms. The first-order valence-corrected chi connectivity index (χ1v) is 7.20. The fourth-order valence-corrected chi connectivity index (χ4v) is 1.95. The van der Waals surface area contributed by atoms with E-state index < -0.39 is 11.5 Å². The van der Waals surface area contributed by atoms with Crippen molar-refractivity contribution in [2.45, 2.75) is 26.4 Å². The van der Waals surface area contributed by atoms with Crippen LogP contribution in [0.4, 0.5) is 0 Å². The normalized spacial score (nSPS) is 11.3. The molecule has 4 heteroatoms. The maximum atomic E-state index is 11.8. The van der Waals surface area contributed by atoms with Crippen LogP contribution in [0.25, 0.3) is 0 Å². The van der Waals surface area contributed by atoms with Crippen molar-refractivity contribution in [3.63, 3.8) is 0 Å². The van der Waals surface area contributed by atoms with Gasteiger partial charge in [-0.05, 0) is 0 Å². The molecule has 0 aliphatic rings. The molecule has 2 rings (SSSR count). The first-order chi connectivity index (χ1) is 10.5. The van der Waals surface area contributed by atoms with E-state index in [4.69, 9.17) is 4.74 Å². The molecule has 0 aromatic heterocycles. The van der Waals surface area contributed by atoms with Crippen molar-refractivity contribution in [2.75, 3.05) is 0 Å². The summed E-state index contributed by atoms with van der Waals surface area (Å²) in [5.41, 5.74) is 2.12. The Morgan fingerprint density at radius 3 is 1.74 bits per heavy atom. The molecular formula is C19H20LiNO2. The van der Waals surface area contributed by atoms with E-state index in [0.29, 0.717) is 0 Å². The van der Waals surface area contributed by atoms with Crippen LogP contribution >= 0.6 is 0 Å². The van der Waals surface area contributed by atoms with E-state index in [2.05, 4.69) is 4.99 Å². The SMILES string of the molecule is CC(C)(C)O/C([O-])=C/N=C(c1ccccc1)c1ccccc1.[Li+]. The van der Waals surface area contributed by atoms with Crippen molar-refractivity contribution >= 4 is 5.71 Å². The molecule has 114 valence electrons. The van der Waals surface area contributed by atoms with E-state index >= 15 is 0 Å². The van der Waals surface area contributed by atoms with Gasteiger partial charge in [0.25, 0.3) is 0 Å².